The molecule has 9 heavy (non-hydrogen) atoms. The van der Waals surface area contributed by atoms with Gasteiger partial charge in [-0.15, -0.1) is 0 Å². The molecule has 0 spiro atoms. The lowest BCUT2D eigenvalue weighted by Gasteiger charge is -1.94. The third kappa shape index (κ3) is 1.12. The molecule has 0 aromatic carbocycles. The summed E-state index contributed by atoms with van der Waals surface area (Å²) in [6.45, 7) is 1.58. The summed E-state index contributed by atoms with van der Waals surface area (Å²) in [5.41, 5.74) is 7.20. The predicted molar refractivity (Wildman–Crippen MR) is 35.7 cm³/mol. The highest BCUT2D eigenvalue weighted by Crippen LogP contribution is 2.22. The average Bonchev–Trinajstić information content (AvgIpc) is 2.13. The van der Waals surface area contributed by atoms with Gasteiger partial charge in [-0.1, -0.05) is 0 Å². The number of nitrogens with two attached hydrogens (primary N) is 1. The van der Waals surface area contributed by atoms with Crippen LogP contribution in [0.3, 0.4) is 0 Å². The summed E-state index contributed by atoms with van der Waals surface area (Å²) in [6.07, 6.45) is 2.86. The lowest BCUT2D eigenvalue weighted by molar-refractivity contribution is -0.113. The molecule has 0 heterocycles. The van der Waals surface area contributed by atoms with Crippen molar-refractivity contribution in [3.8, 4) is 0 Å². The van der Waals surface area contributed by atoms with Crippen molar-refractivity contribution in [3.63, 3.8) is 0 Å². The zero-order valence-electron chi connectivity index (χ0n) is 5.61. The molecule has 0 bridgehead atoms. The van der Waals surface area contributed by atoms with E-state index in [9.17, 15) is 4.79 Å². The molecule has 0 saturated heterocycles. The van der Waals surface area contributed by atoms with Crippen molar-refractivity contribution in [3.05, 3.63) is 11.3 Å². The molecule has 2 heteroatoms. The van der Waals surface area contributed by atoms with Crippen LogP contribution in [0, 0.1) is 0 Å². The van der Waals surface area contributed by atoms with E-state index < -0.39 is 0 Å². The lowest BCUT2D eigenvalue weighted by Crippen LogP contribution is -2.01. The van der Waals surface area contributed by atoms with E-state index >= 15 is 0 Å². The van der Waals surface area contributed by atoms with Crippen LogP contribution in [0.15, 0.2) is 11.3 Å². The van der Waals surface area contributed by atoms with Crippen molar-refractivity contribution < 1.29 is 4.79 Å². The van der Waals surface area contributed by atoms with Gasteiger partial charge in [0, 0.05) is 11.3 Å². The van der Waals surface area contributed by atoms with Crippen LogP contribution in [0.2, 0.25) is 0 Å². The molecular formula is C7H11NO. The van der Waals surface area contributed by atoms with Crippen LogP contribution in [0.4, 0.5) is 0 Å². The van der Waals surface area contributed by atoms with Gasteiger partial charge in [0.1, 0.15) is 0 Å². The van der Waals surface area contributed by atoms with Crippen molar-refractivity contribution in [2.24, 2.45) is 5.73 Å². The van der Waals surface area contributed by atoms with E-state index in [2.05, 4.69) is 0 Å². The second-order valence-corrected chi connectivity index (χ2v) is 2.41. The number of carbonyl (C=O) groups is 1. The maximum Gasteiger partial charge on any atom is 0.157 e. The molecule has 0 amide bonds. The fourth-order valence-electron chi connectivity index (χ4n) is 1.17. The zero-order chi connectivity index (χ0) is 6.85. The Morgan fingerprint density at radius 2 is 2.22 bits per heavy atom. The summed E-state index contributed by atoms with van der Waals surface area (Å²) in [5, 5.41) is 0. The molecule has 0 aromatic heterocycles. The molecule has 0 aliphatic heterocycles. The Balaban J connectivity index is 2.78. The first-order valence-electron chi connectivity index (χ1n) is 3.20. The van der Waals surface area contributed by atoms with E-state index in [0.717, 1.165) is 30.5 Å². The second kappa shape index (κ2) is 2.21. The van der Waals surface area contributed by atoms with Gasteiger partial charge >= 0.3 is 0 Å². The Morgan fingerprint density at radius 1 is 1.56 bits per heavy atom. The quantitative estimate of drug-likeness (QED) is 0.567. The van der Waals surface area contributed by atoms with Crippen molar-refractivity contribution in [2.45, 2.75) is 26.2 Å². The van der Waals surface area contributed by atoms with Crippen molar-refractivity contribution in [2.75, 3.05) is 0 Å². The maximum atomic E-state index is 10.7. The van der Waals surface area contributed by atoms with Gasteiger partial charge in [0.25, 0.3) is 0 Å². The first kappa shape index (κ1) is 6.33. The summed E-state index contributed by atoms with van der Waals surface area (Å²) >= 11 is 0. The van der Waals surface area contributed by atoms with Crippen molar-refractivity contribution in [1.82, 2.24) is 0 Å². The fourth-order valence-corrected chi connectivity index (χ4v) is 1.17. The number of carbonyl (C=O) groups excluding carboxylic acids is 1. The van der Waals surface area contributed by atoms with Crippen LogP contribution in [0.25, 0.3) is 0 Å². The molecular weight excluding hydrogens is 114 g/mol. The summed E-state index contributed by atoms with van der Waals surface area (Å²) in [4.78, 5) is 10.7. The molecule has 0 unspecified atom stereocenters. The molecule has 0 atom stereocenters. The van der Waals surface area contributed by atoms with E-state index in [1.807, 2.05) is 0 Å². The topological polar surface area (TPSA) is 43.1 Å². The molecule has 1 rings (SSSR count). The SMILES string of the molecule is CC(=O)C1=C(N)CCC1. The van der Waals surface area contributed by atoms with Crippen molar-refractivity contribution in [1.29, 1.82) is 0 Å². The first-order valence-corrected chi connectivity index (χ1v) is 3.20. The van der Waals surface area contributed by atoms with E-state index in [4.69, 9.17) is 5.73 Å². The number of hydrogen-bond acceptors (Lipinski definition) is 2. The van der Waals surface area contributed by atoms with Gasteiger partial charge in [0.2, 0.25) is 0 Å². The Bertz CT molecular complexity index is 170. The normalized spacial score (nSPS) is 18.8. The smallest absolute Gasteiger partial charge is 0.157 e. The van der Waals surface area contributed by atoms with E-state index in [1.165, 1.54) is 0 Å². The Hall–Kier alpha value is -0.790. The number of rotatable bonds is 1. The summed E-state index contributed by atoms with van der Waals surface area (Å²) < 4.78 is 0. The monoisotopic (exact) mass is 125 g/mol. The van der Waals surface area contributed by atoms with Gasteiger partial charge in [-0.25, -0.2) is 0 Å². The van der Waals surface area contributed by atoms with Gasteiger partial charge in [0.15, 0.2) is 5.78 Å². The average molecular weight is 125 g/mol. The highest BCUT2D eigenvalue weighted by molar-refractivity contribution is 5.94. The highest BCUT2D eigenvalue weighted by Gasteiger charge is 2.14. The molecule has 1 aliphatic rings. The van der Waals surface area contributed by atoms with Crippen LogP contribution in [0.1, 0.15) is 26.2 Å². The molecule has 1 aliphatic carbocycles. The third-order valence-electron chi connectivity index (χ3n) is 1.69. The number of ketones is 1. The maximum absolute atomic E-state index is 10.7. The van der Waals surface area contributed by atoms with Crippen LogP contribution in [-0.4, -0.2) is 5.78 Å². The van der Waals surface area contributed by atoms with E-state index in [1.54, 1.807) is 6.92 Å². The Morgan fingerprint density at radius 3 is 2.44 bits per heavy atom. The van der Waals surface area contributed by atoms with Crippen LogP contribution in [0.5, 0.6) is 0 Å². The molecule has 0 aromatic rings. The highest BCUT2D eigenvalue weighted by atomic mass is 16.1. The molecule has 2 N–H and O–H groups in total. The second-order valence-electron chi connectivity index (χ2n) is 2.41. The Kier molecular flexibility index (Phi) is 1.56. The number of Topliss-reactive ketones (excluding diaryl/α,β-unsaturated/α-hetero) is 1. The minimum absolute atomic E-state index is 0.144. The van der Waals surface area contributed by atoms with Gasteiger partial charge in [0.05, 0.1) is 0 Å². The molecule has 0 saturated carbocycles. The minimum Gasteiger partial charge on any atom is -0.402 e. The summed E-state index contributed by atoms with van der Waals surface area (Å²) in [7, 11) is 0. The predicted octanol–water partition coefficient (Wildman–Crippen LogP) is 0.972. The summed E-state index contributed by atoms with van der Waals surface area (Å²) in [5.74, 6) is 0.144. The van der Waals surface area contributed by atoms with Gasteiger partial charge in [-0.05, 0) is 26.2 Å². The van der Waals surface area contributed by atoms with Crippen LogP contribution >= 0.6 is 0 Å². The third-order valence-corrected chi connectivity index (χ3v) is 1.69. The molecule has 0 fully saturated rings. The van der Waals surface area contributed by atoms with E-state index in [-0.39, 0.29) is 5.78 Å². The van der Waals surface area contributed by atoms with Gasteiger partial charge < -0.3 is 5.73 Å². The van der Waals surface area contributed by atoms with Crippen LogP contribution in [-0.2, 0) is 4.79 Å². The van der Waals surface area contributed by atoms with E-state index in [0.29, 0.717) is 0 Å². The fraction of sp³-hybridized carbons (Fsp3) is 0.571. The number of hydrogen-bond donors (Lipinski definition) is 1. The zero-order valence-corrected chi connectivity index (χ0v) is 5.61. The van der Waals surface area contributed by atoms with Crippen LogP contribution < -0.4 is 5.73 Å². The Labute approximate surface area is 54.7 Å². The van der Waals surface area contributed by atoms with Gasteiger partial charge in [-0.3, -0.25) is 4.79 Å². The number of allylic oxidation sites excluding steroid dienone is 2. The molecule has 0 radical (unpaired) electrons. The summed E-state index contributed by atoms with van der Waals surface area (Å²) in [6, 6.07) is 0. The molecule has 50 valence electrons. The van der Waals surface area contributed by atoms with Gasteiger partial charge in [-0.2, -0.15) is 0 Å². The lowest BCUT2D eigenvalue weighted by atomic mass is 10.1. The molecule has 2 nitrogen and oxygen atoms in total. The first-order chi connectivity index (χ1) is 4.22. The standard InChI is InChI=1S/C7H11NO/c1-5(9)6-3-2-4-7(6)8/h2-4,8H2,1H3. The minimum atomic E-state index is 0.144. The van der Waals surface area contributed by atoms with Crippen molar-refractivity contribution >= 4 is 5.78 Å². The largest absolute Gasteiger partial charge is 0.402 e.